The zero-order valence-corrected chi connectivity index (χ0v) is 8.42. The molecule has 4 heteroatoms. The Bertz CT molecular complexity index is 281. The molecule has 1 aromatic heterocycles. The molecule has 0 radical (unpaired) electrons. The third kappa shape index (κ3) is 1.68. The molecule has 0 N–H and O–H groups in total. The number of ether oxygens (including phenoxy) is 1. The molecule has 1 saturated carbocycles. The Hall–Kier alpha value is -0.390. The van der Waals surface area contributed by atoms with E-state index in [9.17, 15) is 4.39 Å². The standard InChI is InChI=1S/C8H7FINO/c9-8-7(12-5-1-2-5)6(10)3-4-11-8/h3-5H,1-2H2. The van der Waals surface area contributed by atoms with E-state index in [0.717, 1.165) is 16.4 Å². The summed E-state index contributed by atoms with van der Waals surface area (Å²) < 4.78 is 19.1. The lowest BCUT2D eigenvalue weighted by molar-refractivity contribution is 0.281. The van der Waals surface area contributed by atoms with Gasteiger partial charge in [0.15, 0.2) is 5.75 Å². The normalized spacial score (nSPS) is 16.2. The van der Waals surface area contributed by atoms with E-state index < -0.39 is 5.95 Å². The minimum atomic E-state index is -0.506. The molecule has 0 aliphatic heterocycles. The molecule has 0 atom stereocenters. The van der Waals surface area contributed by atoms with Gasteiger partial charge in [0.05, 0.1) is 9.67 Å². The highest BCUT2D eigenvalue weighted by atomic mass is 127. The van der Waals surface area contributed by atoms with Gasteiger partial charge in [-0.1, -0.05) is 0 Å². The molecule has 0 aromatic carbocycles. The van der Waals surface area contributed by atoms with Crippen LogP contribution in [0, 0.1) is 9.52 Å². The molecule has 1 aliphatic carbocycles. The second-order valence-corrected chi connectivity index (χ2v) is 3.89. The van der Waals surface area contributed by atoms with Crippen molar-refractivity contribution in [1.29, 1.82) is 0 Å². The van der Waals surface area contributed by atoms with Gasteiger partial charge < -0.3 is 4.74 Å². The van der Waals surface area contributed by atoms with Crippen molar-refractivity contribution < 1.29 is 9.13 Å². The van der Waals surface area contributed by atoms with Crippen LogP contribution in [0.4, 0.5) is 4.39 Å². The quantitative estimate of drug-likeness (QED) is 0.612. The second-order valence-electron chi connectivity index (χ2n) is 2.73. The predicted molar refractivity (Wildman–Crippen MR) is 50.6 cm³/mol. The van der Waals surface area contributed by atoms with Crippen LogP contribution in [0.1, 0.15) is 12.8 Å². The summed E-state index contributed by atoms with van der Waals surface area (Å²) in [4.78, 5) is 3.52. The zero-order chi connectivity index (χ0) is 8.55. The van der Waals surface area contributed by atoms with Gasteiger partial charge in [-0.15, -0.1) is 0 Å². The van der Waals surface area contributed by atoms with E-state index in [0.29, 0.717) is 5.75 Å². The van der Waals surface area contributed by atoms with Crippen molar-refractivity contribution >= 4 is 22.6 Å². The first-order valence-corrected chi connectivity index (χ1v) is 4.82. The highest BCUT2D eigenvalue weighted by molar-refractivity contribution is 14.1. The van der Waals surface area contributed by atoms with E-state index in [-0.39, 0.29) is 6.10 Å². The van der Waals surface area contributed by atoms with E-state index >= 15 is 0 Å². The molecule has 1 fully saturated rings. The van der Waals surface area contributed by atoms with Crippen LogP contribution >= 0.6 is 22.6 Å². The average molecular weight is 279 g/mol. The number of aromatic nitrogens is 1. The second kappa shape index (κ2) is 3.16. The molecule has 0 spiro atoms. The minimum Gasteiger partial charge on any atom is -0.485 e. The summed E-state index contributed by atoms with van der Waals surface area (Å²) >= 11 is 2.04. The van der Waals surface area contributed by atoms with E-state index in [2.05, 4.69) is 4.98 Å². The average Bonchev–Trinajstić information content (AvgIpc) is 2.80. The highest BCUT2D eigenvalue weighted by Gasteiger charge is 2.26. The Labute approximate surface area is 83.3 Å². The van der Waals surface area contributed by atoms with Gasteiger partial charge >= 0.3 is 0 Å². The van der Waals surface area contributed by atoms with E-state index in [1.165, 1.54) is 6.20 Å². The molecule has 64 valence electrons. The zero-order valence-electron chi connectivity index (χ0n) is 6.26. The van der Waals surface area contributed by atoms with Crippen LogP contribution in [-0.4, -0.2) is 11.1 Å². The fourth-order valence-corrected chi connectivity index (χ4v) is 1.37. The van der Waals surface area contributed by atoms with Crippen molar-refractivity contribution in [2.75, 3.05) is 0 Å². The number of rotatable bonds is 2. The minimum absolute atomic E-state index is 0.220. The SMILES string of the molecule is Fc1nccc(I)c1OC1CC1. The first-order valence-electron chi connectivity index (χ1n) is 3.74. The van der Waals surface area contributed by atoms with Gasteiger partial charge in [-0.3, -0.25) is 0 Å². The molecule has 1 aliphatic rings. The summed E-state index contributed by atoms with van der Waals surface area (Å²) in [5, 5.41) is 0. The lowest BCUT2D eigenvalue weighted by Crippen LogP contribution is -2.01. The largest absolute Gasteiger partial charge is 0.485 e. The van der Waals surface area contributed by atoms with Crippen LogP contribution in [0.5, 0.6) is 5.75 Å². The molecule has 2 rings (SSSR count). The molecule has 2 nitrogen and oxygen atoms in total. The molecule has 1 aromatic rings. The third-order valence-electron chi connectivity index (χ3n) is 1.62. The van der Waals surface area contributed by atoms with Crippen LogP contribution in [0.25, 0.3) is 0 Å². The fraction of sp³-hybridized carbons (Fsp3) is 0.375. The predicted octanol–water partition coefficient (Wildman–Crippen LogP) is 2.37. The molecular formula is C8H7FINO. The molecule has 0 bridgehead atoms. The maximum Gasteiger partial charge on any atom is 0.256 e. The fourth-order valence-electron chi connectivity index (χ4n) is 0.858. The molecule has 0 amide bonds. The number of pyridine rings is 1. The van der Waals surface area contributed by atoms with Gasteiger partial charge in [-0.25, -0.2) is 4.98 Å². The van der Waals surface area contributed by atoms with Gasteiger partial charge in [-0.05, 0) is 41.5 Å². The number of halogens is 2. The number of hydrogen-bond donors (Lipinski definition) is 0. The summed E-state index contributed by atoms with van der Waals surface area (Å²) in [5.41, 5.74) is 0. The Balaban J connectivity index is 2.26. The molecular weight excluding hydrogens is 272 g/mol. The van der Waals surface area contributed by atoms with Crippen LogP contribution in [0.2, 0.25) is 0 Å². The number of hydrogen-bond acceptors (Lipinski definition) is 2. The van der Waals surface area contributed by atoms with Crippen LogP contribution in [0.3, 0.4) is 0 Å². The van der Waals surface area contributed by atoms with Crippen molar-refractivity contribution in [3.05, 3.63) is 21.8 Å². The summed E-state index contributed by atoms with van der Waals surface area (Å²) in [6.07, 6.45) is 3.73. The van der Waals surface area contributed by atoms with Crippen LogP contribution in [-0.2, 0) is 0 Å². The van der Waals surface area contributed by atoms with Gasteiger partial charge in [0, 0.05) is 6.20 Å². The summed E-state index contributed by atoms with van der Waals surface area (Å²) in [6, 6.07) is 1.74. The van der Waals surface area contributed by atoms with Crippen molar-refractivity contribution in [1.82, 2.24) is 4.98 Å². The van der Waals surface area contributed by atoms with Gasteiger partial charge in [0.25, 0.3) is 5.95 Å². The maximum absolute atomic E-state index is 13.0. The van der Waals surface area contributed by atoms with E-state index in [1.807, 2.05) is 22.6 Å². The van der Waals surface area contributed by atoms with Crippen molar-refractivity contribution in [2.24, 2.45) is 0 Å². The third-order valence-corrected chi connectivity index (χ3v) is 2.47. The smallest absolute Gasteiger partial charge is 0.256 e. The first kappa shape index (κ1) is 8.22. The van der Waals surface area contributed by atoms with E-state index in [1.54, 1.807) is 6.07 Å². The Morgan fingerprint density at radius 1 is 1.58 bits per heavy atom. The molecule has 12 heavy (non-hydrogen) atoms. The Kier molecular flexibility index (Phi) is 2.16. The lowest BCUT2D eigenvalue weighted by Gasteiger charge is -2.05. The van der Waals surface area contributed by atoms with Crippen LogP contribution in [0.15, 0.2) is 12.3 Å². The lowest BCUT2D eigenvalue weighted by atomic mass is 10.4. The highest BCUT2D eigenvalue weighted by Crippen LogP contribution is 2.30. The van der Waals surface area contributed by atoms with Crippen LogP contribution < -0.4 is 4.74 Å². The van der Waals surface area contributed by atoms with Crippen molar-refractivity contribution in [3.63, 3.8) is 0 Å². The maximum atomic E-state index is 13.0. The topological polar surface area (TPSA) is 22.1 Å². The molecule has 1 heterocycles. The summed E-state index contributed by atoms with van der Waals surface area (Å²) in [7, 11) is 0. The van der Waals surface area contributed by atoms with Crippen molar-refractivity contribution in [3.8, 4) is 5.75 Å². The van der Waals surface area contributed by atoms with Gasteiger partial charge in [0.2, 0.25) is 0 Å². The molecule has 0 saturated heterocycles. The Morgan fingerprint density at radius 2 is 2.33 bits per heavy atom. The van der Waals surface area contributed by atoms with Gasteiger partial charge in [-0.2, -0.15) is 4.39 Å². The Morgan fingerprint density at radius 3 is 2.92 bits per heavy atom. The van der Waals surface area contributed by atoms with Gasteiger partial charge in [0.1, 0.15) is 0 Å². The van der Waals surface area contributed by atoms with Crippen molar-refractivity contribution in [2.45, 2.75) is 18.9 Å². The summed E-state index contributed by atoms with van der Waals surface area (Å²) in [5.74, 6) is -0.200. The monoisotopic (exact) mass is 279 g/mol. The summed E-state index contributed by atoms with van der Waals surface area (Å²) in [6.45, 7) is 0. The van der Waals surface area contributed by atoms with E-state index in [4.69, 9.17) is 4.74 Å². The first-order chi connectivity index (χ1) is 5.77. The molecule has 0 unspecified atom stereocenters. The number of nitrogens with zero attached hydrogens (tertiary/aromatic N) is 1.